The highest BCUT2D eigenvalue weighted by molar-refractivity contribution is 7.18. The molecule has 0 radical (unpaired) electrons. The lowest BCUT2D eigenvalue weighted by atomic mass is 10.1. The van der Waals surface area contributed by atoms with Crippen molar-refractivity contribution in [1.29, 1.82) is 0 Å². The van der Waals surface area contributed by atoms with Gasteiger partial charge in [0.15, 0.2) is 0 Å². The van der Waals surface area contributed by atoms with Crippen molar-refractivity contribution in [2.24, 2.45) is 17.3 Å². The van der Waals surface area contributed by atoms with E-state index in [2.05, 4.69) is 100 Å². The van der Waals surface area contributed by atoms with Gasteiger partial charge in [0.1, 0.15) is 16.9 Å². The largest absolute Gasteiger partial charge is 0.410 e. The van der Waals surface area contributed by atoms with E-state index in [-0.39, 0.29) is 0 Å². The molecular formula is C28H33N6S+. The Kier molecular flexibility index (Phi) is 8.46. The van der Waals surface area contributed by atoms with Gasteiger partial charge in [0.2, 0.25) is 0 Å². The number of rotatable bonds is 11. The Morgan fingerprint density at radius 2 is 1.40 bits per heavy atom. The van der Waals surface area contributed by atoms with Gasteiger partial charge in [-0.1, -0.05) is 66.7 Å². The third-order valence-electron chi connectivity index (χ3n) is 5.80. The van der Waals surface area contributed by atoms with Gasteiger partial charge in [0.05, 0.1) is 23.5 Å². The van der Waals surface area contributed by atoms with E-state index in [1.807, 2.05) is 35.9 Å². The first kappa shape index (κ1) is 24.4. The maximum atomic E-state index is 4.68. The SMILES string of the molecule is CCN(CC)c1c[n+](C)c(N=Nc2cccc(NCc3ccccc3)c2NCc2ccccc2)s1. The Bertz CT molecular complexity index is 1230. The van der Waals surface area contributed by atoms with Crippen LogP contribution in [-0.2, 0) is 20.1 Å². The molecule has 0 aliphatic carbocycles. The summed E-state index contributed by atoms with van der Waals surface area (Å²) >= 11 is 1.66. The standard InChI is InChI=1S/C28H32N6S/c1-4-34(5-2)26-21-33(3)28(35-26)32-31-25-18-12-17-24(29-19-22-13-8-6-9-14-22)27(25)30-20-23-15-10-7-11-16-23/h6-18,21H,4-5,19-20H2,1-3H3,(H,29,31)/p+1. The zero-order chi connectivity index (χ0) is 24.5. The molecule has 4 aromatic rings. The van der Waals surface area contributed by atoms with Gasteiger partial charge in [-0.2, -0.15) is 0 Å². The summed E-state index contributed by atoms with van der Waals surface area (Å²) in [5, 5.41) is 18.6. The van der Waals surface area contributed by atoms with Crippen LogP contribution in [0.5, 0.6) is 0 Å². The van der Waals surface area contributed by atoms with E-state index < -0.39 is 0 Å². The van der Waals surface area contributed by atoms with Crippen molar-refractivity contribution < 1.29 is 4.57 Å². The van der Waals surface area contributed by atoms with Crippen LogP contribution in [-0.4, -0.2) is 13.1 Å². The second kappa shape index (κ2) is 12.1. The van der Waals surface area contributed by atoms with Crippen molar-refractivity contribution in [3.8, 4) is 0 Å². The molecule has 4 rings (SSSR count). The van der Waals surface area contributed by atoms with Crippen molar-refractivity contribution in [1.82, 2.24) is 0 Å². The molecule has 3 aromatic carbocycles. The molecule has 0 aliphatic rings. The first-order valence-corrected chi connectivity index (χ1v) is 12.8. The lowest BCUT2D eigenvalue weighted by Gasteiger charge is -2.16. The first-order chi connectivity index (χ1) is 17.2. The number of aromatic nitrogens is 1. The van der Waals surface area contributed by atoms with Gasteiger partial charge in [-0.3, -0.25) is 0 Å². The summed E-state index contributed by atoms with van der Waals surface area (Å²) in [6.45, 7) is 7.71. The van der Waals surface area contributed by atoms with Crippen molar-refractivity contribution in [2.75, 3.05) is 28.6 Å². The Labute approximate surface area is 212 Å². The molecule has 0 atom stereocenters. The van der Waals surface area contributed by atoms with Crippen LogP contribution in [0.1, 0.15) is 25.0 Å². The smallest absolute Gasteiger partial charge is 0.379 e. The quantitative estimate of drug-likeness (QED) is 0.177. The van der Waals surface area contributed by atoms with Gasteiger partial charge in [0.25, 0.3) is 0 Å². The van der Waals surface area contributed by atoms with Crippen LogP contribution in [0.15, 0.2) is 95.3 Å². The van der Waals surface area contributed by atoms with E-state index in [4.69, 9.17) is 0 Å². The number of hydrogen-bond donors (Lipinski definition) is 2. The highest BCUT2D eigenvalue weighted by Crippen LogP contribution is 2.36. The lowest BCUT2D eigenvalue weighted by Crippen LogP contribution is -2.26. The molecular weight excluding hydrogens is 452 g/mol. The molecule has 35 heavy (non-hydrogen) atoms. The summed E-state index contributed by atoms with van der Waals surface area (Å²) in [6.07, 6.45) is 2.12. The highest BCUT2D eigenvalue weighted by atomic mass is 32.1. The van der Waals surface area contributed by atoms with Gasteiger partial charge < -0.3 is 15.5 Å². The fourth-order valence-corrected chi connectivity index (χ4v) is 4.88. The van der Waals surface area contributed by atoms with E-state index in [1.165, 1.54) is 16.1 Å². The number of aryl methyl sites for hydroxylation is 1. The van der Waals surface area contributed by atoms with Gasteiger partial charge in [0, 0.05) is 26.2 Å². The number of para-hydroxylation sites is 1. The summed E-state index contributed by atoms with van der Waals surface area (Å²) in [7, 11) is 2.02. The molecule has 0 spiro atoms. The summed E-state index contributed by atoms with van der Waals surface area (Å²) in [5.74, 6) is 0. The number of hydrogen-bond acceptors (Lipinski definition) is 6. The number of anilines is 3. The van der Waals surface area contributed by atoms with Crippen molar-refractivity contribution in [3.05, 3.63) is 96.2 Å². The minimum atomic E-state index is 0.701. The van der Waals surface area contributed by atoms with Gasteiger partial charge in [-0.05, 0) is 53.6 Å². The molecule has 0 saturated heterocycles. The molecule has 0 unspecified atom stereocenters. The Balaban J connectivity index is 1.61. The lowest BCUT2D eigenvalue weighted by molar-refractivity contribution is -0.653. The molecule has 0 fully saturated rings. The maximum absolute atomic E-state index is 4.68. The molecule has 0 aliphatic heterocycles. The van der Waals surface area contributed by atoms with Crippen LogP contribution in [0.25, 0.3) is 0 Å². The number of azo groups is 1. The molecule has 1 heterocycles. The van der Waals surface area contributed by atoms with Gasteiger partial charge >= 0.3 is 5.13 Å². The second-order valence-electron chi connectivity index (χ2n) is 8.21. The van der Waals surface area contributed by atoms with Crippen LogP contribution in [0, 0.1) is 0 Å². The monoisotopic (exact) mass is 485 g/mol. The van der Waals surface area contributed by atoms with Crippen LogP contribution < -0.4 is 20.1 Å². The third kappa shape index (κ3) is 6.45. The predicted octanol–water partition coefficient (Wildman–Crippen LogP) is 7.06. The van der Waals surface area contributed by atoms with Crippen LogP contribution in [0.2, 0.25) is 0 Å². The Morgan fingerprint density at radius 3 is 2.03 bits per heavy atom. The number of nitrogens with zero attached hydrogens (tertiary/aromatic N) is 4. The zero-order valence-electron chi connectivity index (χ0n) is 20.6. The molecule has 7 heteroatoms. The average Bonchev–Trinajstić information content (AvgIpc) is 3.27. The molecule has 180 valence electrons. The van der Waals surface area contributed by atoms with E-state index in [0.717, 1.165) is 41.8 Å². The van der Waals surface area contributed by atoms with E-state index in [9.17, 15) is 0 Å². The summed E-state index contributed by atoms with van der Waals surface area (Å²) in [6, 6.07) is 26.9. The van der Waals surface area contributed by atoms with Crippen LogP contribution in [0.4, 0.5) is 27.2 Å². The normalized spacial score (nSPS) is 11.1. The Hall–Kier alpha value is -3.71. The minimum Gasteiger partial charge on any atom is -0.379 e. The van der Waals surface area contributed by atoms with Crippen molar-refractivity contribution in [2.45, 2.75) is 26.9 Å². The number of nitrogens with one attached hydrogen (secondary N) is 2. The van der Waals surface area contributed by atoms with Crippen molar-refractivity contribution >= 4 is 38.5 Å². The molecule has 6 nitrogen and oxygen atoms in total. The molecule has 0 saturated carbocycles. The van der Waals surface area contributed by atoms with Gasteiger partial charge in [-0.15, -0.1) is 0 Å². The van der Waals surface area contributed by atoms with Gasteiger partial charge in [-0.25, -0.2) is 4.57 Å². The highest BCUT2D eigenvalue weighted by Gasteiger charge is 2.18. The minimum absolute atomic E-state index is 0.701. The van der Waals surface area contributed by atoms with Crippen LogP contribution >= 0.6 is 11.3 Å². The average molecular weight is 486 g/mol. The predicted molar refractivity (Wildman–Crippen MR) is 147 cm³/mol. The molecule has 0 amide bonds. The number of benzene rings is 3. The topological polar surface area (TPSA) is 55.9 Å². The number of thiazole rings is 1. The fraction of sp³-hybridized carbons (Fsp3) is 0.250. The first-order valence-electron chi connectivity index (χ1n) is 12.0. The summed E-state index contributed by atoms with van der Waals surface area (Å²) in [4.78, 5) is 2.32. The maximum Gasteiger partial charge on any atom is 0.410 e. The summed E-state index contributed by atoms with van der Waals surface area (Å²) in [5.41, 5.74) is 5.18. The second-order valence-corrected chi connectivity index (χ2v) is 9.20. The van der Waals surface area contributed by atoms with Crippen molar-refractivity contribution in [3.63, 3.8) is 0 Å². The zero-order valence-corrected chi connectivity index (χ0v) is 21.4. The van der Waals surface area contributed by atoms with E-state index in [0.29, 0.717) is 6.54 Å². The van der Waals surface area contributed by atoms with Crippen LogP contribution in [0.3, 0.4) is 0 Å². The molecule has 2 N–H and O–H groups in total. The summed E-state index contributed by atoms with van der Waals surface area (Å²) < 4.78 is 2.04. The molecule has 0 bridgehead atoms. The fourth-order valence-electron chi connectivity index (χ4n) is 3.82. The third-order valence-corrected chi connectivity index (χ3v) is 6.93. The Morgan fingerprint density at radius 1 is 0.771 bits per heavy atom. The van der Waals surface area contributed by atoms with E-state index >= 15 is 0 Å². The van der Waals surface area contributed by atoms with E-state index in [1.54, 1.807) is 11.3 Å². The molecule has 1 aromatic heterocycles.